The second kappa shape index (κ2) is 9.02. The summed E-state index contributed by atoms with van der Waals surface area (Å²) in [6.45, 7) is 3.40. The van der Waals surface area contributed by atoms with E-state index in [9.17, 15) is 21.6 Å². The Balaban J connectivity index is 2.13. The Morgan fingerprint density at radius 1 is 1.00 bits per heavy atom. The molecule has 1 amide bonds. The lowest BCUT2D eigenvalue weighted by Gasteiger charge is -2.18. The van der Waals surface area contributed by atoms with Crippen LogP contribution < -0.4 is 15.4 Å². The van der Waals surface area contributed by atoms with Crippen LogP contribution in [-0.2, 0) is 24.8 Å². The van der Waals surface area contributed by atoms with Gasteiger partial charge in [-0.3, -0.25) is 9.52 Å². The van der Waals surface area contributed by atoms with Crippen molar-refractivity contribution in [3.8, 4) is 0 Å². The molecular weight excluding hydrogens is 428 g/mol. The number of hydrogen-bond donors (Lipinski definition) is 3. The van der Waals surface area contributed by atoms with Gasteiger partial charge in [-0.1, -0.05) is 12.1 Å². The smallest absolute Gasteiger partial charge is 0.246 e. The van der Waals surface area contributed by atoms with E-state index in [2.05, 4.69) is 15.4 Å². The first-order valence-corrected chi connectivity index (χ1v) is 12.3. The van der Waals surface area contributed by atoms with Crippen molar-refractivity contribution < 1.29 is 21.6 Å². The van der Waals surface area contributed by atoms with Gasteiger partial charge in [-0.2, -0.15) is 0 Å². The van der Waals surface area contributed by atoms with Crippen LogP contribution in [0.2, 0.25) is 0 Å². The van der Waals surface area contributed by atoms with Crippen LogP contribution in [0, 0.1) is 6.92 Å². The van der Waals surface area contributed by atoms with Crippen molar-refractivity contribution >= 4 is 43.0 Å². The van der Waals surface area contributed by atoms with Gasteiger partial charge < -0.3 is 10.6 Å². The van der Waals surface area contributed by atoms with Crippen LogP contribution in [0.1, 0.15) is 12.5 Å². The molecule has 9 nitrogen and oxygen atoms in total. The van der Waals surface area contributed by atoms with Gasteiger partial charge in [0.1, 0.15) is 6.04 Å². The van der Waals surface area contributed by atoms with Gasteiger partial charge in [0, 0.05) is 25.5 Å². The zero-order valence-electron chi connectivity index (χ0n) is 17.4. The normalized spacial score (nSPS) is 13.0. The lowest BCUT2D eigenvalue weighted by Crippen LogP contribution is -2.32. The molecule has 0 saturated carbocycles. The Kier molecular flexibility index (Phi) is 7.11. The predicted octanol–water partition coefficient (Wildman–Crippen LogP) is 2.06. The van der Waals surface area contributed by atoms with E-state index in [1.807, 2.05) is 0 Å². The highest BCUT2D eigenvalue weighted by Gasteiger charge is 2.19. The first-order valence-electron chi connectivity index (χ1n) is 8.98. The van der Waals surface area contributed by atoms with Gasteiger partial charge in [-0.15, -0.1) is 0 Å². The number of nitrogens with zero attached hydrogens (tertiary/aromatic N) is 1. The van der Waals surface area contributed by atoms with E-state index in [4.69, 9.17) is 0 Å². The SMILES string of the molecule is Cc1ccc(NC(C)C(=O)Nc2cccc(S(=O)(=O)N(C)C)c2)cc1NS(C)(=O)=O. The minimum absolute atomic E-state index is 0.0703. The summed E-state index contributed by atoms with van der Waals surface area (Å²) in [5, 5.41) is 5.69. The monoisotopic (exact) mass is 454 g/mol. The summed E-state index contributed by atoms with van der Waals surface area (Å²) >= 11 is 0. The predicted molar refractivity (Wildman–Crippen MR) is 119 cm³/mol. The van der Waals surface area contributed by atoms with Gasteiger partial charge in [0.25, 0.3) is 0 Å². The largest absolute Gasteiger partial charge is 0.374 e. The number of aryl methyl sites for hydroxylation is 1. The molecule has 0 aliphatic rings. The first kappa shape index (κ1) is 23.6. The summed E-state index contributed by atoms with van der Waals surface area (Å²) in [7, 11) is -4.19. The lowest BCUT2D eigenvalue weighted by molar-refractivity contribution is -0.116. The van der Waals surface area contributed by atoms with Crippen molar-refractivity contribution in [3.63, 3.8) is 0 Å². The molecule has 2 aromatic carbocycles. The molecular formula is C19H26N4O5S2. The number of carbonyl (C=O) groups is 1. The number of carbonyl (C=O) groups excluding carboxylic acids is 1. The average molecular weight is 455 g/mol. The van der Waals surface area contributed by atoms with E-state index in [0.717, 1.165) is 16.1 Å². The van der Waals surface area contributed by atoms with Crippen molar-refractivity contribution in [2.75, 3.05) is 35.7 Å². The van der Waals surface area contributed by atoms with E-state index in [0.29, 0.717) is 17.1 Å². The Hall–Kier alpha value is -2.63. The van der Waals surface area contributed by atoms with Gasteiger partial charge in [0.15, 0.2) is 0 Å². The molecule has 3 N–H and O–H groups in total. The number of sulfonamides is 2. The van der Waals surface area contributed by atoms with Crippen molar-refractivity contribution in [3.05, 3.63) is 48.0 Å². The molecule has 0 heterocycles. The minimum atomic E-state index is -3.62. The van der Waals surface area contributed by atoms with Gasteiger partial charge in [0.2, 0.25) is 26.0 Å². The maximum absolute atomic E-state index is 12.5. The highest BCUT2D eigenvalue weighted by Crippen LogP contribution is 2.22. The van der Waals surface area contributed by atoms with E-state index in [1.54, 1.807) is 44.2 Å². The van der Waals surface area contributed by atoms with Crippen LogP contribution in [0.4, 0.5) is 17.1 Å². The van der Waals surface area contributed by atoms with Crippen molar-refractivity contribution in [2.45, 2.75) is 24.8 Å². The molecule has 0 fully saturated rings. The second-order valence-corrected chi connectivity index (χ2v) is 11.0. The zero-order valence-corrected chi connectivity index (χ0v) is 19.1. The quantitative estimate of drug-likeness (QED) is 0.561. The summed E-state index contributed by atoms with van der Waals surface area (Å²) in [6, 6.07) is 10.4. The summed E-state index contributed by atoms with van der Waals surface area (Å²) < 4.78 is 51.0. The number of nitrogens with one attached hydrogen (secondary N) is 3. The summed E-state index contributed by atoms with van der Waals surface area (Å²) in [5.41, 5.74) is 2.05. The molecule has 2 rings (SSSR count). The number of anilines is 3. The fourth-order valence-corrected chi connectivity index (χ4v) is 4.10. The molecule has 1 atom stereocenters. The van der Waals surface area contributed by atoms with Crippen LogP contribution in [0.5, 0.6) is 0 Å². The van der Waals surface area contributed by atoms with Crippen molar-refractivity contribution in [2.24, 2.45) is 0 Å². The van der Waals surface area contributed by atoms with E-state index >= 15 is 0 Å². The Bertz CT molecular complexity index is 1150. The molecule has 11 heteroatoms. The first-order chi connectivity index (χ1) is 13.8. The van der Waals surface area contributed by atoms with Crippen LogP contribution in [0.3, 0.4) is 0 Å². The zero-order chi connectivity index (χ0) is 22.7. The molecule has 0 spiro atoms. The summed E-state index contributed by atoms with van der Waals surface area (Å²) in [4.78, 5) is 12.6. The van der Waals surface area contributed by atoms with Crippen LogP contribution >= 0.6 is 0 Å². The lowest BCUT2D eigenvalue weighted by atomic mass is 10.1. The minimum Gasteiger partial charge on any atom is -0.374 e. The topological polar surface area (TPSA) is 125 Å². The molecule has 2 aromatic rings. The van der Waals surface area contributed by atoms with Gasteiger partial charge in [-0.05, 0) is 49.7 Å². The van der Waals surface area contributed by atoms with E-state index in [-0.39, 0.29) is 10.8 Å². The standard InChI is InChI=1S/C19H26N4O5S2/c1-13-9-10-16(12-18(13)22-29(5,25)26)20-14(2)19(24)21-15-7-6-8-17(11-15)30(27,28)23(3)4/h6-12,14,20,22H,1-5H3,(H,21,24). The second-order valence-electron chi connectivity index (χ2n) is 7.07. The van der Waals surface area contributed by atoms with Gasteiger partial charge >= 0.3 is 0 Å². The van der Waals surface area contributed by atoms with Crippen molar-refractivity contribution in [1.29, 1.82) is 0 Å². The van der Waals surface area contributed by atoms with Gasteiger partial charge in [0.05, 0.1) is 16.8 Å². The van der Waals surface area contributed by atoms with Crippen LogP contribution in [0.25, 0.3) is 0 Å². The third-order valence-corrected chi connectivity index (χ3v) is 6.59. The van der Waals surface area contributed by atoms with Crippen LogP contribution in [0.15, 0.2) is 47.4 Å². The molecule has 30 heavy (non-hydrogen) atoms. The summed E-state index contributed by atoms with van der Waals surface area (Å²) in [5.74, 6) is -0.382. The summed E-state index contributed by atoms with van der Waals surface area (Å²) in [6.07, 6.45) is 1.06. The molecule has 0 aliphatic heterocycles. The Morgan fingerprint density at radius 2 is 1.67 bits per heavy atom. The molecule has 0 bridgehead atoms. The number of amides is 1. The highest BCUT2D eigenvalue weighted by atomic mass is 32.2. The Labute approximate surface area is 177 Å². The number of hydrogen-bond acceptors (Lipinski definition) is 6. The maximum atomic E-state index is 12.5. The molecule has 0 saturated heterocycles. The van der Waals surface area contributed by atoms with Crippen LogP contribution in [-0.4, -0.2) is 53.4 Å². The third-order valence-electron chi connectivity index (χ3n) is 4.19. The molecule has 164 valence electrons. The van der Waals surface area contributed by atoms with E-state index in [1.165, 1.54) is 26.2 Å². The highest BCUT2D eigenvalue weighted by molar-refractivity contribution is 7.92. The molecule has 0 aliphatic carbocycles. The van der Waals surface area contributed by atoms with Gasteiger partial charge in [-0.25, -0.2) is 21.1 Å². The molecule has 0 radical (unpaired) electrons. The fourth-order valence-electron chi connectivity index (χ4n) is 2.53. The van der Waals surface area contributed by atoms with Crippen molar-refractivity contribution in [1.82, 2.24) is 4.31 Å². The van der Waals surface area contributed by atoms with E-state index < -0.39 is 26.1 Å². The average Bonchev–Trinajstić information content (AvgIpc) is 2.63. The fraction of sp³-hybridized carbons (Fsp3) is 0.316. The Morgan fingerprint density at radius 3 is 2.27 bits per heavy atom. The molecule has 0 aromatic heterocycles. The number of rotatable bonds is 8. The third kappa shape index (κ3) is 6.18. The molecule has 1 unspecified atom stereocenters. The maximum Gasteiger partial charge on any atom is 0.246 e. The number of benzene rings is 2.